The highest BCUT2D eigenvalue weighted by atomic mass is 32.2. The first kappa shape index (κ1) is 26.9. The molecule has 0 radical (unpaired) electrons. The molecule has 2 N–H and O–H groups in total. The van der Waals surface area contributed by atoms with Crippen molar-refractivity contribution in [2.45, 2.75) is 69.1 Å². The van der Waals surface area contributed by atoms with Gasteiger partial charge in [0, 0.05) is 5.75 Å². The molecule has 0 bridgehead atoms. The van der Waals surface area contributed by atoms with Gasteiger partial charge in [0.25, 0.3) is 0 Å². The predicted octanol–water partition coefficient (Wildman–Crippen LogP) is 5.40. The van der Waals surface area contributed by atoms with Gasteiger partial charge in [0.05, 0.1) is 18.8 Å². The topological polar surface area (TPSA) is 101 Å². The first-order valence-corrected chi connectivity index (χ1v) is 13.5. The van der Waals surface area contributed by atoms with Crippen LogP contribution in [-0.4, -0.2) is 44.6 Å². The molecule has 0 aliphatic rings. The second-order valence-corrected chi connectivity index (χ2v) is 9.89. The average molecular weight is 497 g/mol. The Morgan fingerprint density at radius 3 is 2.37 bits per heavy atom. The van der Waals surface area contributed by atoms with Crippen molar-refractivity contribution in [2.75, 3.05) is 12.9 Å². The van der Waals surface area contributed by atoms with Crippen molar-refractivity contribution in [3.63, 3.8) is 0 Å². The highest BCUT2D eigenvalue weighted by Crippen LogP contribution is 2.41. The highest BCUT2D eigenvalue weighted by Gasteiger charge is 2.28. The number of H-pyrrole nitrogens is 1. The quantitative estimate of drug-likeness (QED) is 0.202. The van der Waals surface area contributed by atoms with Gasteiger partial charge in [0.2, 0.25) is 5.82 Å². The van der Waals surface area contributed by atoms with Crippen molar-refractivity contribution in [1.29, 1.82) is 0 Å². The lowest BCUT2D eigenvalue weighted by Gasteiger charge is -2.23. The minimum absolute atomic E-state index is 0.255. The summed E-state index contributed by atoms with van der Waals surface area (Å²) in [5.74, 6) is 0.525. The molecule has 35 heavy (non-hydrogen) atoms. The van der Waals surface area contributed by atoms with E-state index in [2.05, 4.69) is 63.1 Å². The number of unbranched alkanes of at least 4 members (excludes halogenated alkanes) is 5. The SMILES string of the molecule is COC(=O)CCS[C@H](c1ccccc1CCCCCCCCc1ccccc1)[C@@H](O)c1nn[nH]n1. The molecular weight excluding hydrogens is 460 g/mol. The summed E-state index contributed by atoms with van der Waals surface area (Å²) in [6.45, 7) is 0. The Bertz CT molecular complexity index is 985. The third kappa shape index (κ3) is 9.11. The van der Waals surface area contributed by atoms with Crippen LogP contribution in [0, 0.1) is 0 Å². The lowest BCUT2D eigenvalue weighted by molar-refractivity contribution is -0.140. The molecule has 0 amide bonds. The van der Waals surface area contributed by atoms with Crippen LogP contribution in [0.2, 0.25) is 0 Å². The molecule has 0 aliphatic heterocycles. The van der Waals surface area contributed by atoms with E-state index in [0.29, 0.717) is 5.75 Å². The number of nitrogens with zero attached hydrogens (tertiary/aromatic N) is 3. The van der Waals surface area contributed by atoms with Crippen molar-refractivity contribution in [3.8, 4) is 0 Å². The molecule has 0 fully saturated rings. The van der Waals surface area contributed by atoms with Crippen LogP contribution in [0.1, 0.15) is 78.8 Å². The summed E-state index contributed by atoms with van der Waals surface area (Å²) in [7, 11) is 1.39. The van der Waals surface area contributed by atoms with Gasteiger partial charge < -0.3 is 9.84 Å². The molecule has 3 rings (SSSR count). The Morgan fingerprint density at radius 2 is 1.66 bits per heavy atom. The molecular formula is C27H36N4O3S. The van der Waals surface area contributed by atoms with Crippen LogP contribution >= 0.6 is 11.8 Å². The maximum Gasteiger partial charge on any atom is 0.306 e. The van der Waals surface area contributed by atoms with E-state index in [1.165, 1.54) is 62.1 Å². The molecule has 2 atom stereocenters. The number of hydrogen-bond donors (Lipinski definition) is 2. The number of rotatable bonds is 16. The number of hydrogen-bond acceptors (Lipinski definition) is 7. The molecule has 188 valence electrons. The molecule has 0 saturated heterocycles. The Morgan fingerprint density at radius 1 is 0.971 bits per heavy atom. The van der Waals surface area contributed by atoms with Crippen molar-refractivity contribution in [1.82, 2.24) is 20.6 Å². The molecule has 2 aromatic carbocycles. The van der Waals surface area contributed by atoms with Gasteiger partial charge in [-0.25, -0.2) is 0 Å². The molecule has 1 aromatic heterocycles. The summed E-state index contributed by atoms with van der Waals surface area (Å²) >= 11 is 1.52. The number of thioether (sulfide) groups is 1. The van der Waals surface area contributed by atoms with Crippen LogP contribution in [0.25, 0.3) is 0 Å². The van der Waals surface area contributed by atoms with Crippen molar-refractivity contribution in [2.24, 2.45) is 0 Å². The number of esters is 1. The number of aromatic nitrogens is 4. The normalized spacial score (nSPS) is 12.9. The maximum atomic E-state index is 11.6. The van der Waals surface area contributed by atoms with E-state index in [4.69, 9.17) is 4.74 Å². The lowest BCUT2D eigenvalue weighted by Crippen LogP contribution is -2.13. The zero-order valence-electron chi connectivity index (χ0n) is 20.4. The van der Waals surface area contributed by atoms with Gasteiger partial charge in [-0.1, -0.05) is 85.5 Å². The van der Waals surface area contributed by atoms with E-state index in [1.54, 1.807) is 0 Å². The molecule has 1 heterocycles. The second kappa shape index (κ2) is 15.3. The molecule has 7 nitrogen and oxygen atoms in total. The van der Waals surface area contributed by atoms with E-state index in [1.807, 2.05) is 12.1 Å². The number of aromatic amines is 1. The van der Waals surface area contributed by atoms with Crippen molar-refractivity contribution >= 4 is 17.7 Å². The zero-order valence-corrected chi connectivity index (χ0v) is 21.3. The van der Waals surface area contributed by atoms with Crippen molar-refractivity contribution in [3.05, 3.63) is 77.1 Å². The fourth-order valence-corrected chi connectivity index (χ4v) is 5.44. The van der Waals surface area contributed by atoms with Gasteiger partial charge >= 0.3 is 5.97 Å². The monoisotopic (exact) mass is 496 g/mol. The largest absolute Gasteiger partial charge is 0.469 e. The number of aliphatic hydroxyl groups is 1. The third-order valence-electron chi connectivity index (χ3n) is 6.11. The lowest BCUT2D eigenvalue weighted by atomic mass is 9.96. The van der Waals surface area contributed by atoms with Gasteiger partial charge in [0.15, 0.2) is 0 Å². The van der Waals surface area contributed by atoms with E-state index < -0.39 is 6.10 Å². The first-order valence-electron chi connectivity index (χ1n) is 12.4. The van der Waals surface area contributed by atoms with Gasteiger partial charge in [-0.05, 0) is 42.4 Å². The second-order valence-electron chi connectivity index (χ2n) is 8.64. The molecule has 3 aromatic rings. The van der Waals surface area contributed by atoms with Gasteiger partial charge in [-0.2, -0.15) is 5.21 Å². The smallest absolute Gasteiger partial charge is 0.306 e. The molecule has 0 aliphatic carbocycles. The first-order chi connectivity index (χ1) is 17.2. The molecule has 0 saturated carbocycles. The number of tetrazole rings is 1. The van der Waals surface area contributed by atoms with Crippen LogP contribution in [0.5, 0.6) is 0 Å². The van der Waals surface area contributed by atoms with Crippen LogP contribution in [0.3, 0.4) is 0 Å². The van der Waals surface area contributed by atoms with Crippen molar-refractivity contribution < 1.29 is 14.6 Å². The van der Waals surface area contributed by atoms with E-state index in [9.17, 15) is 9.90 Å². The van der Waals surface area contributed by atoms with Crippen LogP contribution < -0.4 is 0 Å². The number of carbonyl (C=O) groups excluding carboxylic acids is 1. The number of nitrogens with one attached hydrogen (secondary N) is 1. The van der Waals surface area contributed by atoms with Crippen LogP contribution in [0.4, 0.5) is 0 Å². The summed E-state index contributed by atoms with van der Waals surface area (Å²) in [6, 6.07) is 18.9. The minimum atomic E-state index is -0.929. The van der Waals surface area contributed by atoms with E-state index in [0.717, 1.165) is 24.8 Å². The van der Waals surface area contributed by atoms with Gasteiger partial charge in [-0.15, -0.1) is 22.0 Å². The summed E-state index contributed by atoms with van der Waals surface area (Å²) in [5, 5.41) is 24.7. The molecule has 0 unspecified atom stereocenters. The number of methoxy groups -OCH3 is 1. The average Bonchev–Trinajstić information content (AvgIpc) is 3.44. The Balaban J connectivity index is 1.50. The summed E-state index contributed by atoms with van der Waals surface area (Å²) in [4.78, 5) is 11.6. The zero-order chi connectivity index (χ0) is 24.7. The fourth-order valence-electron chi connectivity index (χ4n) is 4.19. The third-order valence-corrected chi connectivity index (χ3v) is 7.42. The van der Waals surface area contributed by atoms with Gasteiger partial charge in [-0.3, -0.25) is 4.79 Å². The minimum Gasteiger partial charge on any atom is -0.469 e. The number of ether oxygens (including phenoxy) is 1. The molecule has 8 heteroatoms. The Hall–Kier alpha value is -2.71. The summed E-state index contributed by atoms with van der Waals surface area (Å²) in [5.41, 5.74) is 3.70. The number of aryl methyl sites for hydroxylation is 2. The summed E-state index contributed by atoms with van der Waals surface area (Å²) < 4.78 is 4.76. The van der Waals surface area contributed by atoms with E-state index in [-0.39, 0.29) is 23.5 Å². The number of benzene rings is 2. The summed E-state index contributed by atoms with van der Waals surface area (Å²) in [6.07, 6.45) is 8.76. The maximum absolute atomic E-state index is 11.6. The molecule has 0 spiro atoms. The highest BCUT2D eigenvalue weighted by molar-refractivity contribution is 7.99. The Labute approximate surface area is 212 Å². The predicted molar refractivity (Wildman–Crippen MR) is 139 cm³/mol. The number of aliphatic hydroxyl groups excluding tert-OH is 1. The standard InChI is InChI=1S/C27H36N4O3S/c1-34-24(32)19-20-35-26(25(33)27-28-30-31-29-27)23-18-12-11-17-22(23)16-10-5-3-2-4-7-13-21-14-8-6-9-15-21/h6,8-9,11-12,14-15,17-18,25-26,33H,2-5,7,10,13,16,19-20H2,1H3,(H,28,29,30,31)/t25-,26-/m1/s1. The van der Waals surface area contributed by atoms with Crippen LogP contribution in [-0.2, 0) is 22.4 Å². The van der Waals surface area contributed by atoms with Crippen LogP contribution in [0.15, 0.2) is 54.6 Å². The number of carbonyl (C=O) groups is 1. The fraction of sp³-hybridized carbons (Fsp3) is 0.481. The van der Waals surface area contributed by atoms with Gasteiger partial charge in [0.1, 0.15) is 6.10 Å². The Kier molecular flexibility index (Phi) is 11.8. The van der Waals surface area contributed by atoms with E-state index >= 15 is 0 Å².